The quantitative estimate of drug-likeness (QED) is 0.847. The van der Waals surface area contributed by atoms with Crippen molar-refractivity contribution in [1.29, 1.82) is 0 Å². The highest BCUT2D eigenvalue weighted by molar-refractivity contribution is 6.31. The number of hydrogen-bond acceptors (Lipinski definition) is 2. The van der Waals surface area contributed by atoms with Crippen LogP contribution >= 0.6 is 11.6 Å². The Morgan fingerprint density at radius 3 is 2.47 bits per heavy atom. The molecule has 0 aliphatic carbocycles. The lowest BCUT2D eigenvalue weighted by atomic mass is 10.0. The summed E-state index contributed by atoms with van der Waals surface area (Å²) < 4.78 is 1.98. The summed E-state index contributed by atoms with van der Waals surface area (Å²) in [6.07, 6.45) is 1.13. The summed E-state index contributed by atoms with van der Waals surface area (Å²) in [5, 5.41) is 8.79. The Morgan fingerprint density at radius 2 is 2.00 bits per heavy atom. The van der Waals surface area contributed by atoms with Crippen molar-refractivity contribution in [1.82, 2.24) is 15.1 Å². The van der Waals surface area contributed by atoms with E-state index in [1.807, 2.05) is 11.6 Å². The maximum absolute atomic E-state index is 6.28. The number of rotatable bonds is 6. The molecule has 3 nitrogen and oxygen atoms in total. The highest BCUT2D eigenvalue weighted by Gasteiger charge is 2.15. The molecule has 0 fully saturated rings. The summed E-state index contributed by atoms with van der Waals surface area (Å²) in [4.78, 5) is 0. The van der Waals surface area contributed by atoms with Crippen molar-refractivity contribution >= 4 is 11.6 Å². The molecular formula is C13H24ClN3. The molecule has 1 unspecified atom stereocenters. The lowest BCUT2D eigenvalue weighted by molar-refractivity contribution is 0.381. The molecule has 1 aromatic rings. The minimum atomic E-state index is 0.534. The van der Waals surface area contributed by atoms with Crippen LogP contribution in [0.4, 0.5) is 0 Å². The summed E-state index contributed by atoms with van der Waals surface area (Å²) in [5.41, 5.74) is 2.02. The van der Waals surface area contributed by atoms with Crippen LogP contribution in [0.3, 0.4) is 0 Å². The van der Waals surface area contributed by atoms with E-state index in [-0.39, 0.29) is 0 Å². The largest absolute Gasteiger partial charge is 0.308 e. The van der Waals surface area contributed by atoms with E-state index in [1.54, 1.807) is 0 Å². The molecule has 1 aromatic heterocycles. The molecule has 0 saturated carbocycles. The van der Waals surface area contributed by atoms with Gasteiger partial charge in [0.2, 0.25) is 0 Å². The fourth-order valence-electron chi connectivity index (χ4n) is 2.12. The maximum Gasteiger partial charge on any atom is 0.0860 e. The van der Waals surface area contributed by atoms with Crippen molar-refractivity contribution in [2.45, 2.75) is 60.2 Å². The van der Waals surface area contributed by atoms with Crippen molar-refractivity contribution in [3.63, 3.8) is 0 Å². The van der Waals surface area contributed by atoms with Gasteiger partial charge in [-0.05, 0) is 26.2 Å². The Kier molecular flexibility index (Phi) is 5.47. The zero-order valence-electron chi connectivity index (χ0n) is 11.5. The molecule has 0 spiro atoms. The molecule has 0 aliphatic rings. The van der Waals surface area contributed by atoms with Gasteiger partial charge in [0.05, 0.1) is 16.4 Å². The average Bonchev–Trinajstić information content (AvgIpc) is 2.56. The molecule has 0 aliphatic heterocycles. The monoisotopic (exact) mass is 257 g/mol. The summed E-state index contributed by atoms with van der Waals surface area (Å²) in [7, 11) is 0. The molecule has 1 rings (SSSR count). The SMILES string of the molecule is CCC(NCc1c(Cl)c(C)nn1CC)C(C)C. The topological polar surface area (TPSA) is 29.9 Å². The summed E-state index contributed by atoms with van der Waals surface area (Å²) in [6, 6.07) is 0.534. The lowest BCUT2D eigenvalue weighted by Crippen LogP contribution is -2.33. The minimum absolute atomic E-state index is 0.534. The van der Waals surface area contributed by atoms with Crippen LogP contribution in [0, 0.1) is 12.8 Å². The summed E-state index contributed by atoms with van der Waals surface area (Å²) in [5.74, 6) is 0.637. The Hall–Kier alpha value is -0.540. The number of hydrogen-bond donors (Lipinski definition) is 1. The Balaban J connectivity index is 2.74. The van der Waals surface area contributed by atoms with Crippen molar-refractivity contribution in [3.8, 4) is 0 Å². The van der Waals surface area contributed by atoms with Gasteiger partial charge in [0.15, 0.2) is 0 Å². The van der Waals surface area contributed by atoms with Gasteiger partial charge in [0, 0.05) is 19.1 Å². The maximum atomic E-state index is 6.28. The molecule has 0 radical (unpaired) electrons. The summed E-state index contributed by atoms with van der Waals surface area (Å²) >= 11 is 6.28. The van der Waals surface area contributed by atoms with Gasteiger partial charge in [-0.15, -0.1) is 0 Å². The van der Waals surface area contributed by atoms with E-state index in [0.717, 1.165) is 35.9 Å². The van der Waals surface area contributed by atoms with Gasteiger partial charge in [-0.25, -0.2) is 0 Å². The second kappa shape index (κ2) is 6.41. The lowest BCUT2D eigenvalue weighted by Gasteiger charge is -2.21. The van der Waals surface area contributed by atoms with E-state index in [0.29, 0.717) is 12.0 Å². The van der Waals surface area contributed by atoms with E-state index < -0.39 is 0 Å². The number of aryl methyl sites for hydroxylation is 2. The van der Waals surface area contributed by atoms with Crippen LogP contribution < -0.4 is 5.32 Å². The van der Waals surface area contributed by atoms with E-state index >= 15 is 0 Å². The van der Waals surface area contributed by atoms with Crippen molar-refractivity contribution in [2.24, 2.45) is 5.92 Å². The molecule has 0 saturated heterocycles. The normalized spacial score (nSPS) is 13.4. The van der Waals surface area contributed by atoms with E-state index in [2.05, 4.69) is 38.1 Å². The highest BCUT2D eigenvalue weighted by atomic mass is 35.5. The van der Waals surface area contributed by atoms with Crippen LogP contribution in [-0.4, -0.2) is 15.8 Å². The second-order valence-corrected chi connectivity index (χ2v) is 5.18. The first kappa shape index (κ1) is 14.5. The van der Waals surface area contributed by atoms with E-state index in [9.17, 15) is 0 Å². The van der Waals surface area contributed by atoms with Crippen molar-refractivity contribution < 1.29 is 0 Å². The summed E-state index contributed by atoms with van der Waals surface area (Å²) in [6.45, 7) is 12.4. The molecule has 17 heavy (non-hydrogen) atoms. The minimum Gasteiger partial charge on any atom is -0.308 e. The van der Waals surface area contributed by atoms with Crippen LogP contribution in [-0.2, 0) is 13.1 Å². The third kappa shape index (κ3) is 3.46. The average molecular weight is 258 g/mol. The molecular weight excluding hydrogens is 234 g/mol. The number of nitrogens with one attached hydrogen (secondary N) is 1. The van der Waals surface area contributed by atoms with Crippen LogP contribution in [0.2, 0.25) is 5.02 Å². The fraction of sp³-hybridized carbons (Fsp3) is 0.769. The Morgan fingerprint density at radius 1 is 1.35 bits per heavy atom. The molecule has 98 valence electrons. The molecule has 0 amide bonds. The van der Waals surface area contributed by atoms with Crippen LogP contribution in [0.5, 0.6) is 0 Å². The highest BCUT2D eigenvalue weighted by Crippen LogP contribution is 2.20. The van der Waals surface area contributed by atoms with Crippen molar-refractivity contribution in [3.05, 3.63) is 16.4 Å². The predicted octanol–water partition coefficient (Wildman–Crippen LogP) is 3.39. The van der Waals surface area contributed by atoms with Gasteiger partial charge >= 0.3 is 0 Å². The smallest absolute Gasteiger partial charge is 0.0860 e. The van der Waals surface area contributed by atoms with Crippen molar-refractivity contribution in [2.75, 3.05) is 0 Å². The van der Waals surface area contributed by atoms with Crippen LogP contribution in [0.25, 0.3) is 0 Å². The zero-order chi connectivity index (χ0) is 13.0. The third-order valence-electron chi connectivity index (χ3n) is 3.23. The Labute approximate surface area is 110 Å². The molecule has 4 heteroatoms. The van der Waals surface area contributed by atoms with Crippen LogP contribution in [0.15, 0.2) is 0 Å². The van der Waals surface area contributed by atoms with Gasteiger partial charge in [0.25, 0.3) is 0 Å². The fourth-order valence-corrected chi connectivity index (χ4v) is 2.32. The molecule has 0 bridgehead atoms. The zero-order valence-corrected chi connectivity index (χ0v) is 12.3. The first-order valence-corrected chi connectivity index (χ1v) is 6.84. The van der Waals surface area contributed by atoms with E-state index in [4.69, 9.17) is 11.6 Å². The molecule has 1 heterocycles. The third-order valence-corrected chi connectivity index (χ3v) is 3.72. The number of aromatic nitrogens is 2. The van der Waals surface area contributed by atoms with Gasteiger partial charge in [-0.2, -0.15) is 5.10 Å². The van der Waals surface area contributed by atoms with Gasteiger partial charge in [-0.1, -0.05) is 32.4 Å². The first-order valence-electron chi connectivity index (χ1n) is 6.46. The second-order valence-electron chi connectivity index (χ2n) is 4.80. The molecule has 1 N–H and O–H groups in total. The number of halogens is 1. The molecule has 0 aromatic carbocycles. The number of nitrogens with zero attached hydrogens (tertiary/aromatic N) is 2. The first-order chi connectivity index (χ1) is 8.01. The molecule has 1 atom stereocenters. The standard InChI is InChI=1S/C13H24ClN3/c1-6-11(9(3)4)15-8-12-13(14)10(5)16-17(12)7-2/h9,11,15H,6-8H2,1-5H3. The van der Waals surface area contributed by atoms with Crippen LogP contribution in [0.1, 0.15) is 45.5 Å². The van der Waals surface area contributed by atoms with E-state index in [1.165, 1.54) is 0 Å². The van der Waals surface area contributed by atoms with Gasteiger partial charge in [-0.3, -0.25) is 4.68 Å². The Bertz CT molecular complexity index is 358. The van der Waals surface area contributed by atoms with Gasteiger partial charge < -0.3 is 5.32 Å². The van der Waals surface area contributed by atoms with Gasteiger partial charge in [0.1, 0.15) is 0 Å². The predicted molar refractivity (Wildman–Crippen MR) is 73.4 cm³/mol.